The van der Waals surface area contributed by atoms with E-state index in [2.05, 4.69) is 0 Å². The summed E-state index contributed by atoms with van der Waals surface area (Å²) in [6, 6.07) is 10.2. The quantitative estimate of drug-likeness (QED) is 0.684. The molecule has 0 heterocycles. The van der Waals surface area contributed by atoms with Gasteiger partial charge in [-0.2, -0.15) is 0 Å². The molecule has 104 valence electrons. The molecule has 2 rings (SSSR count). The second-order valence-electron chi connectivity index (χ2n) is 4.26. The highest BCUT2D eigenvalue weighted by atomic mass is 19.1. The monoisotopic (exact) mass is 273 g/mol. The molecule has 0 spiro atoms. The molecule has 2 aromatic rings. The molecule has 0 aliphatic heterocycles. The highest BCUT2D eigenvalue weighted by Crippen LogP contribution is 2.24. The summed E-state index contributed by atoms with van der Waals surface area (Å²) in [4.78, 5) is 0. The molecule has 2 N–H and O–H groups in total. The van der Waals surface area contributed by atoms with Crippen LogP contribution >= 0.6 is 0 Å². The molecule has 0 saturated heterocycles. The van der Waals surface area contributed by atoms with Crippen LogP contribution in [0, 0.1) is 5.82 Å². The summed E-state index contributed by atoms with van der Waals surface area (Å²) in [7, 11) is 3.19. The SMILES string of the molecule is COc1cc(/C=C/c2ccc(N)c(F)c2)cc(OC)c1. The van der Waals surface area contributed by atoms with Crippen molar-refractivity contribution < 1.29 is 13.9 Å². The van der Waals surface area contributed by atoms with E-state index in [1.54, 1.807) is 38.5 Å². The van der Waals surface area contributed by atoms with Gasteiger partial charge in [0.15, 0.2) is 0 Å². The Hall–Kier alpha value is -2.49. The maximum Gasteiger partial charge on any atom is 0.146 e. The van der Waals surface area contributed by atoms with Crippen LogP contribution in [0.25, 0.3) is 12.2 Å². The van der Waals surface area contributed by atoms with Gasteiger partial charge in [-0.15, -0.1) is 0 Å². The molecule has 0 saturated carbocycles. The number of methoxy groups -OCH3 is 2. The van der Waals surface area contributed by atoms with E-state index in [4.69, 9.17) is 15.2 Å². The Labute approximate surface area is 117 Å². The summed E-state index contributed by atoms with van der Waals surface area (Å²) in [5.41, 5.74) is 7.22. The molecule has 20 heavy (non-hydrogen) atoms. The fourth-order valence-corrected chi connectivity index (χ4v) is 1.77. The van der Waals surface area contributed by atoms with Gasteiger partial charge in [0.1, 0.15) is 17.3 Å². The lowest BCUT2D eigenvalue weighted by atomic mass is 10.1. The molecule has 0 fully saturated rings. The van der Waals surface area contributed by atoms with Crippen LogP contribution in [0.4, 0.5) is 10.1 Å². The Morgan fingerprint density at radius 2 is 1.50 bits per heavy atom. The Morgan fingerprint density at radius 3 is 2.05 bits per heavy atom. The maximum atomic E-state index is 13.3. The summed E-state index contributed by atoms with van der Waals surface area (Å²) in [5.74, 6) is 0.982. The predicted molar refractivity (Wildman–Crippen MR) is 79.3 cm³/mol. The van der Waals surface area contributed by atoms with E-state index in [-0.39, 0.29) is 5.69 Å². The third-order valence-electron chi connectivity index (χ3n) is 2.87. The largest absolute Gasteiger partial charge is 0.497 e. The minimum atomic E-state index is -0.421. The van der Waals surface area contributed by atoms with Crippen molar-refractivity contribution in [3.8, 4) is 11.5 Å². The van der Waals surface area contributed by atoms with Crippen molar-refractivity contribution in [1.82, 2.24) is 0 Å². The van der Waals surface area contributed by atoms with Crippen molar-refractivity contribution in [3.05, 3.63) is 53.3 Å². The fourth-order valence-electron chi connectivity index (χ4n) is 1.77. The molecule has 0 bridgehead atoms. The zero-order chi connectivity index (χ0) is 14.5. The average molecular weight is 273 g/mol. The highest BCUT2D eigenvalue weighted by molar-refractivity contribution is 5.71. The summed E-state index contributed by atoms with van der Waals surface area (Å²) < 4.78 is 23.7. The van der Waals surface area contributed by atoms with Gasteiger partial charge in [0.25, 0.3) is 0 Å². The van der Waals surface area contributed by atoms with Crippen molar-refractivity contribution in [1.29, 1.82) is 0 Å². The first kappa shape index (κ1) is 13.9. The number of hydrogen-bond acceptors (Lipinski definition) is 3. The van der Waals surface area contributed by atoms with Crippen LogP contribution in [0.15, 0.2) is 36.4 Å². The fraction of sp³-hybridized carbons (Fsp3) is 0.125. The lowest BCUT2D eigenvalue weighted by Gasteiger charge is -2.05. The average Bonchev–Trinajstić information content (AvgIpc) is 2.48. The van der Waals surface area contributed by atoms with E-state index in [1.807, 2.05) is 18.2 Å². The first-order chi connectivity index (χ1) is 9.62. The third kappa shape index (κ3) is 3.29. The number of hydrogen-bond donors (Lipinski definition) is 1. The van der Waals surface area contributed by atoms with Crippen LogP contribution in [-0.4, -0.2) is 14.2 Å². The van der Waals surface area contributed by atoms with Gasteiger partial charge in [-0.05, 0) is 35.4 Å². The number of ether oxygens (including phenoxy) is 2. The summed E-state index contributed by atoms with van der Waals surface area (Å²) in [6.45, 7) is 0. The maximum absolute atomic E-state index is 13.3. The lowest BCUT2D eigenvalue weighted by Crippen LogP contribution is -1.90. The summed E-state index contributed by atoms with van der Waals surface area (Å²) in [5, 5.41) is 0. The molecule has 2 aromatic carbocycles. The molecule has 0 amide bonds. The normalized spacial score (nSPS) is 10.8. The first-order valence-electron chi connectivity index (χ1n) is 6.08. The van der Waals surface area contributed by atoms with Crippen LogP contribution in [0.3, 0.4) is 0 Å². The highest BCUT2D eigenvalue weighted by Gasteiger charge is 2.00. The van der Waals surface area contributed by atoms with Gasteiger partial charge < -0.3 is 15.2 Å². The minimum Gasteiger partial charge on any atom is -0.497 e. The lowest BCUT2D eigenvalue weighted by molar-refractivity contribution is 0.394. The second kappa shape index (κ2) is 6.10. The summed E-state index contributed by atoms with van der Waals surface area (Å²) in [6.07, 6.45) is 3.66. The van der Waals surface area contributed by atoms with Crippen molar-refractivity contribution in [2.24, 2.45) is 0 Å². The zero-order valence-corrected chi connectivity index (χ0v) is 11.4. The number of anilines is 1. The van der Waals surface area contributed by atoms with Gasteiger partial charge in [-0.25, -0.2) is 4.39 Å². The van der Waals surface area contributed by atoms with Crippen LogP contribution < -0.4 is 15.2 Å². The van der Waals surface area contributed by atoms with Crippen molar-refractivity contribution in [2.75, 3.05) is 20.0 Å². The molecule has 0 unspecified atom stereocenters. The molecule has 0 aliphatic rings. The van der Waals surface area contributed by atoms with Crippen molar-refractivity contribution in [3.63, 3.8) is 0 Å². The van der Waals surface area contributed by atoms with Gasteiger partial charge in [0.2, 0.25) is 0 Å². The first-order valence-corrected chi connectivity index (χ1v) is 6.08. The number of rotatable bonds is 4. The van der Waals surface area contributed by atoms with E-state index in [0.29, 0.717) is 11.5 Å². The predicted octanol–water partition coefficient (Wildman–Crippen LogP) is 3.60. The van der Waals surface area contributed by atoms with Crippen LogP contribution in [-0.2, 0) is 0 Å². The van der Waals surface area contributed by atoms with E-state index >= 15 is 0 Å². The van der Waals surface area contributed by atoms with Gasteiger partial charge in [-0.1, -0.05) is 18.2 Å². The second-order valence-corrected chi connectivity index (χ2v) is 4.26. The molecule has 3 nitrogen and oxygen atoms in total. The Morgan fingerprint density at radius 1 is 0.900 bits per heavy atom. The topological polar surface area (TPSA) is 44.5 Å². The third-order valence-corrected chi connectivity index (χ3v) is 2.87. The van der Waals surface area contributed by atoms with Crippen LogP contribution in [0.1, 0.15) is 11.1 Å². The number of nitrogen functional groups attached to an aromatic ring is 1. The van der Waals surface area contributed by atoms with Crippen molar-refractivity contribution in [2.45, 2.75) is 0 Å². The minimum absolute atomic E-state index is 0.144. The van der Waals surface area contributed by atoms with Gasteiger partial charge >= 0.3 is 0 Å². The van der Waals surface area contributed by atoms with Crippen LogP contribution in [0.5, 0.6) is 11.5 Å². The molecule has 0 aromatic heterocycles. The molecule has 4 heteroatoms. The van der Waals surface area contributed by atoms with E-state index in [0.717, 1.165) is 11.1 Å². The Balaban J connectivity index is 2.28. The van der Waals surface area contributed by atoms with Crippen LogP contribution in [0.2, 0.25) is 0 Å². The number of halogens is 1. The van der Waals surface area contributed by atoms with E-state index in [9.17, 15) is 4.39 Å². The smallest absolute Gasteiger partial charge is 0.146 e. The zero-order valence-electron chi connectivity index (χ0n) is 11.4. The molecule has 0 atom stereocenters. The number of benzene rings is 2. The van der Waals surface area contributed by atoms with Gasteiger partial charge in [0, 0.05) is 6.07 Å². The Bertz CT molecular complexity index is 616. The van der Waals surface area contributed by atoms with Gasteiger partial charge in [-0.3, -0.25) is 0 Å². The molecular formula is C16H16FNO2. The number of nitrogens with two attached hydrogens (primary N) is 1. The van der Waals surface area contributed by atoms with Gasteiger partial charge in [0.05, 0.1) is 19.9 Å². The standard InChI is InChI=1S/C16H16FNO2/c1-19-13-7-12(8-14(10-13)20-2)4-3-11-5-6-16(18)15(17)9-11/h3-10H,18H2,1-2H3/b4-3+. The Kier molecular flexibility index (Phi) is 4.25. The van der Waals surface area contributed by atoms with E-state index in [1.165, 1.54) is 6.07 Å². The molecular weight excluding hydrogens is 257 g/mol. The molecule has 0 aliphatic carbocycles. The molecule has 0 radical (unpaired) electrons. The summed E-state index contributed by atoms with van der Waals surface area (Å²) >= 11 is 0. The van der Waals surface area contributed by atoms with E-state index < -0.39 is 5.82 Å². The van der Waals surface area contributed by atoms with Crippen molar-refractivity contribution >= 4 is 17.8 Å².